The number of hydrogen-bond donors (Lipinski definition) is 1. The van der Waals surface area contributed by atoms with E-state index < -0.39 is 0 Å². The molecule has 158 valence electrons. The fourth-order valence-electron chi connectivity index (χ4n) is 7.06. The second kappa shape index (κ2) is 7.70. The highest BCUT2D eigenvalue weighted by atomic mass is 16.2. The molecule has 3 saturated heterocycles. The van der Waals surface area contributed by atoms with E-state index in [0.717, 1.165) is 12.6 Å². The number of hydrogen-bond acceptors (Lipinski definition) is 3. The van der Waals surface area contributed by atoms with E-state index in [1.165, 1.54) is 75.8 Å². The van der Waals surface area contributed by atoms with Crippen LogP contribution in [0.2, 0.25) is 0 Å². The SMILES string of the molecule is CC(=O)N1C[C@H]2CN(C3CCC4(CCNCC4)CC3)C[C@H]2[C@H]1c1ccccc1C. The minimum absolute atomic E-state index is 0.240. The molecule has 4 nitrogen and oxygen atoms in total. The summed E-state index contributed by atoms with van der Waals surface area (Å²) >= 11 is 0. The molecule has 0 unspecified atom stereocenters. The van der Waals surface area contributed by atoms with E-state index in [-0.39, 0.29) is 11.9 Å². The van der Waals surface area contributed by atoms with Crippen LogP contribution < -0.4 is 5.32 Å². The molecule has 1 spiro atoms. The van der Waals surface area contributed by atoms with Gasteiger partial charge in [0.05, 0.1) is 6.04 Å². The van der Waals surface area contributed by atoms with Gasteiger partial charge in [-0.15, -0.1) is 0 Å². The zero-order valence-electron chi connectivity index (χ0n) is 18.2. The number of rotatable bonds is 2. The van der Waals surface area contributed by atoms with Crippen molar-refractivity contribution in [1.29, 1.82) is 0 Å². The van der Waals surface area contributed by atoms with Crippen LogP contribution in [-0.2, 0) is 4.79 Å². The molecular formula is C25H37N3O. The van der Waals surface area contributed by atoms with Crippen LogP contribution >= 0.6 is 0 Å². The third-order valence-electron chi connectivity index (χ3n) is 8.80. The maximum Gasteiger partial charge on any atom is 0.219 e. The highest BCUT2D eigenvalue weighted by Crippen LogP contribution is 2.49. The van der Waals surface area contributed by atoms with Crippen molar-refractivity contribution < 1.29 is 4.79 Å². The smallest absolute Gasteiger partial charge is 0.219 e. The lowest BCUT2D eigenvalue weighted by atomic mass is 9.67. The largest absolute Gasteiger partial charge is 0.335 e. The van der Waals surface area contributed by atoms with E-state index in [9.17, 15) is 4.79 Å². The van der Waals surface area contributed by atoms with E-state index >= 15 is 0 Å². The molecule has 3 aliphatic heterocycles. The first kappa shape index (κ1) is 19.6. The van der Waals surface area contributed by atoms with Crippen LogP contribution in [0.1, 0.15) is 62.6 Å². The van der Waals surface area contributed by atoms with E-state index in [1.54, 1.807) is 6.92 Å². The average Bonchev–Trinajstić information content (AvgIpc) is 3.28. The van der Waals surface area contributed by atoms with Crippen LogP contribution in [-0.4, -0.2) is 54.5 Å². The van der Waals surface area contributed by atoms with Crippen molar-refractivity contribution >= 4 is 5.91 Å². The van der Waals surface area contributed by atoms with Crippen LogP contribution in [0.3, 0.4) is 0 Å². The van der Waals surface area contributed by atoms with Crippen molar-refractivity contribution in [3.63, 3.8) is 0 Å². The van der Waals surface area contributed by atoms with Crippen molar-refractivity contribution in [2.45, 2.75) is 64.5 Å². The monoisotopic (exact) mass is 395 g/mol. The number of carbonyl (C=O) groups excluding carboxylic acids is 1. The number of fused-ring (bicyclic) bond motifs is 1. The molecule has 4 heteroatoms. The number of nitrogens with zero attached hydrogens (tertiary/aromatic N) is 2. The predicted octanol–water partition coefficient (Wildman–Crippen LogP) is 3.76. The molecule has 1 N–H and O–H groups in total. The van der Waals surface area contributed by atoms with Crippen LogP contribution in [0.5, 0.6) is 0 Å². The molecule has 1 aromatic rings. The van der Waals surface area contributed by atoms with Crippen molar-refractivity contribution in [3.8, 4) is 0 Å². The molecule has 1 amide bonds. The Morgan fingerprint density at radius 1 is 1.03 bits per heavy atom. The molecule has 5 rings (SSSR count). The summed E-state index contributed by atoms with van der Waals surface area (Å²) in [6.07, 6.45) is 8.37. The summed E-state index contributed by atoms with van der Waals surface area (Å²) in [5.41, 5.74) is 3.34. The third kappa shape index (κ3) is 3.53. The molecule has 1 aliphatic carbocycles. The third-order valence-corrected chi connectivity index (χ3v) is 8.80. The number of likely N-dealkylation sites (tertiary alicyclic amines) is 2. The first-order valence-corrected chi connectivity index (χ1v) is 11.8. The Balaban J connectivity index is 1.29. The van der Waals surface area contributed by atoms with Crippen molar-refractivity contribution in [1.82, 2.24) is 15.1 Å². The first-order valence-electron chi connectivity index (χ1n) is 11.8. The maximum atomic E-state index is 12.4. The van der Waals surface area contributed by atoms with Gasteiger partial charge < -0.3 is 10.2 Å². The molecule has 4 fully saturated rings. The number of aryl methyl sites for hydroxylation is 1. The van der Waals surface area contributed by atoms with Gasteiger partial charge in [-0.1, -0.05) is 24.3 Å². The summed E-state index contributed by atoms with van der Waals surface area (Å²) in [5.74, 6) is 1.47. The Kier molecular flexibility index (Phi) is 5.19. The molecule has 29 heavy (non-hydrogen) atoms. The second-order valence-electron chi connectivity index (χ2n) is 10.3. The van der Waals surface area contributed by atoms with Gasteiger partial charge >= 0.3 is 0 Å². The Morgan fingerprint density at radius 2 is 1.76 bits per heavy atom. The summed E-state index contributed by atoms with van der Waals surface area (Å²) in [4.78, 5) is 17.4. The number of carbonyl (C=O) groups is 1. The summed E-state index contributed by atoms with van der Waals surface area (Å²) in [6, 6.07) is 9.74. The molecule has 1 saturated carbocycles. The maximum absolute atomic E-state index is 12.4. The lowest BCUT2D eigenvalue weighted by Crippen LogP contribution is -2.45. The van der Waals surface area contributed by atoms with E-state index in [0.29, 0.717) is 17.3 Å². The summed E-state index contributed by atoms with van der Waals surface area (Å²) < 4.78 is 0. The lowest BCUT2D eigenvalue weighted by molar-refractivity contribution is -0.130. The van der Waals surface area contributed by atoms with Gasteiger partial charge in [0.2, 0.25) is 5.91 Å². The van der Waals surface area contributed by atoms with Crippen molar-refractivity contribution in [2.24, 2.45) is 17.3 Å². The van der Waals surface area contributed by atoms with Crippen molar-refractivity contribution in [3.05, 3.63) is 35.4 Å². The van der Waals surface area contributed by atoms with Gasteiger partial charge in [-0.05, 0) is 81.0 Å². The van der Waals surface area contributed by atoms with Gasteiger partial charge in [-0.2, -0.15) is 0 Å². The first-order chi connectivity index (χ1) is 14.1. The lowest BCUT2D eigenvalue weighted by Gasteiger charge is -2.45. The standard InChI is InChI=1S/C25H37N3O/c1-18-5-3-4-6-22(18)24-23-17-27(15-20(23)16-28(24)19(2)29)21-7-9-25(10-8-21)11-13-26-14-12-25/h3-6,20-21,23-24,26H,7-17H2,1-2H3/t20-,23-,24-/m1/s1. The quantitative estimate of drug-likeness (QED) is 0.828. The zero-order valence-corrected chi connectivity index (χ0v) is 18.2. The molecule has 3 atom stereocenters. The molecule has 0 aromatic heterocycles. The van der Waals surface area contributed by atoms with Gasteiger partial charge in [0.1, 0.15) is 0 Å². The van der Waals surface area contributed by atoms with Gasteiger partial charge in [-0.25, -0.2) is 0 Å². The van der Waals surface area contributed by atoms with Crippen LogP contribution in [0.25, 0.3) is 0 Å². The minimum Gasteiger partial charge on any atom is -0.335 e. The summed E-state index contributed by atoms with van der Waals surface area (Å²) in [5, 5.41) is 3.55. The van der Waals surface area contributed by atoms with Crippen LogP contribution in [0, 0.1) is 24.2 Å². The van der Waals surface area contributed by atoms with Crippen molar-refractivity contribution in [2.75, 3.05) is 32.7 Å². The average molecular weight is 396 g/mol. The molecule has 0 bridgehead atoms. The predicted molar refractivity (Wildman–Crippen MR) is 117 cm³/mol. The Labute approximate surface area is 176 Å². The summed E-state index contributed by atoms with van der Waals surface area (Å²) in [6.45, 7) is 9.70. The fraction of sp³-hybridized carbons (Fsp3) is 0.720. The Bertz CT molecular complexity index is 746. The zero-order chi connectivity index (χ0) is 20.0. The molecule has 4 aliphatic rings. The Morgan fingerprint density at radius 3 is 2.45 bits per heavy atom. The summed E-state index contributed by atoms with van der Waals surface area (Å²) in [7, 11) is 0. The highest BCUT2D eigenvalue weighted by Gasteiger charge is 2.50. The number of benzene rings is 1. The van der Waals surface area contributed by atoms with Crippen LogP contribution in [0.4, 0.5) is 0 Å². The van der Waals surface area contributed by atoms with Gasteiger partial charge in [-0.3, -0.25) is 9.69 Å². The minimum atomic E-state index is 0.240. The van der Waals surface area contributed by atoms with Gasteiger partial charge in [0.25, 0.3) is 0 Å². The van der Waals surface area contributed by atoms with E-state index in [4.69, 9.17) is 0 Å². The molecular weight excluding hydrogens is 358 g/mol. The number of amides is 1. The number of nitrogens with one attached hydrogen (secondary N) is 1. The molecule has 1 aromatic carbocycles. The normalized spacial score (nSPS) is 32.6. The van der Waals surface area contributed by atoms with Gasteiger partial charge in [0.15, 0.2) is 0 Å². The highest BCUT2D eigenvalue weighted by molar-refractivity contribution is 5.74. The topological polar surface area (TPSA) is 35.6 Å². The Hall–Kier alpha value is -1.39. The van der Waals surface area contributed by atoms with E-state index in [2.05, 4.69) is 46.3 Å². The number of piperidine rings is 1. The van der Waals surface area contributed by atoms with Gasteiger partial charge in [0, 0.05) is 38.5 Å². The molecule has 3 heterocycles. The molecule has 0 radical (unpaired) electrons. The van der Waals surface area contributed by atoms with Crippen LogP contribution in [0.15, 0.2) is 24.3 Å². The van der Waals surface area contributed by atoms with E-state index in [1.807, 2.05) is 0 Å². The second-order valence-corrected chi connectivity index (χ2v) is 10.3. The fourth-order valence-corrected chi connectivity index (χ4v) is 7.06.